The van der Waals surface area contributed by atoms with Crippen LogP contribution in [0.1, 0.15) is 24.7 Å². The zero-order valence-corrected chi connectivity index (χ0v) is 15.7. The second kappa shape index (κ2) is 8.60. The largest absolute Gasteiger partial charge is 0.505 e. The number of rotatable bonds is 6. The fourth-order valence-electron chi connectivity index (χ4n) is 2.10. The summed E-state index contributed by atoms with van der Waals surface area (Å²) in [5, 5.41) is 12.9. The van der Waals surface area contributed by atoms with Crippen molar-refractivity contribution in [3.63, 3.8) is 0 Å². The Kier molecular flexibility index (Phi) is 6.78. The highest BCUT2D eigenvalue weighted by atomic mass is 35.5. The predicted molar refractivity (Wildman–Crippen MR) is 98.9 cm³/mol. The van der Waals surface area contributed by atoms with Gasteiger partial charge in [-0.3, -0.25) is 9.78 Å². The second-order valence-electron chi connectivity index (χ2n) is 5.42. The molecule has 2 rings (SSSR count). The Morgan fingerprint density at radius 1 is 1.33 bits per heavy atom. The van der Waals surface area contributed by atoms with Gasteiger partial charge in [-0.15, -0.1) is 11.8 Å². The first-order valence-corrected chi connectivity index (χ1v) is 9.02. The van der Waals surface area contributed by atoms with Gasteiger partial charge in [0.15, 0.2) is 5.75 Å². The van der Waals surface area contributed by atoms with Gasteiger partial charge in [-0.1, -0.05) is 36.2 Å². The number of nitrogens with one attached hydrogen (secondary N) is 1. The number of aromatic hydroxyl groups is 1. The summed E-state index contributed by atoms with van der Waals surface area (Å²) in [5.41, 5.74) is 1.76. The number of phenolic OH excluding ortho intramolecular Hbond substituents is 1. The van der Waals surface area contributed by atoms with Crippen LogP contribution in [0.5, 0.6) is 5.75 Å². The highest BCUT2D eigenvalue weighted by molar-refractivity contribution is 8.00. The Morgan fingerprint density at radius 3 is 2.62 bits per heavy atom. The molecule has 2 N–H and O–H groups in total. The van der Waals surface area contributed by atoms with Gasteiger partial charge >= 0.3 is 0 Å². The molecule has 7 heteroatoms. The first kappa shape index (κ1) is 18.9. The van der Waals surface area contributed by atoms with E-state index in [0.717, 1.165) is 16.3 Å². The second-order valence-corrected chi connectivity index (χ2v) is 7.74. The summed E-state index contributed by atoms with van der Waals surface area (Å²) in [6.45, 7) is 4.27. The number of nitrogens with zero attached hydrogens (tertiary/aromatic N) is 1. The lowest BCUT2D eigenvalue weighted by Crippen LogP contribution is -2.25. The monoisotopic (exact) mass is 384 g/mol. The molecular formula is C17H18Cl2N2O2S. The molecule has 2 aromatic rings. The van der Waals surface area contributed by atoms with Crippen molar-refractivity contribution in [2.45, 2.75) is 37.0 Å². The number of halogens is 2. The van der Waals surface area contributed by atoms with E-state index in [1.165, 1.54) is 11.8 Å². The van der Waals surface area contributed by atoms with Crippen LogP contribution in [-0.2, 0) is 11.3 Å². The van der Waals surface area contributed by atoms with Crippen molar-refractivity contribution in [2.75, 3.05) is 0 Å². The average Bonchev–Trinajstić information content (AvgIpc) is 2.50. The molecule has 0 saturated heterocycles. The molecule has 1 aromatic carbocycles. The summed E-state index contributed by atoms with van der Waals surface area (Å²) in [5.74, 6) is -0.173. The predicted octanol–water partition coefficient (Wildman–Crippen LogP) is 4.59. The third-order valence-electron chi connectivity index (χ3n) is 3.21. The Labute approximate surface area is 155 Å². The first-order valence-electron chi connectivity index (χ1n) is 7.39. The highest BCUT2D eigenvalue weighted by Crippen LogP contribution is 2.37. The molecule has 1 atom stereocenters. The van der Waals surface area contributed by atoms with Gasteiger partial charge in [-0.2, -0.15) is 0 Å². The molecular weight excluding hydrogens is 367 g/mol. The lowest BCUT2D eigenvalue weighted by atomic mass is 10.3. The van der Waals surface area contributed by atoms with Gasteiger partial charge in [-0.25, -0.2) is 0 Å². The number of carbonyl (C=O) groups excluding carboxylic acids is 1. The van der Waals surface area contributed by atoms with Crippen LogP contribution in [0.4, 0.5) is 0 Å². The molecule has 0 aliphatic carbocycles. The Hall–Kier alpha value is -1.43. The van der Waals surface area contributed by atoms with Crippen LogP contribution in [0, 0.1) is 6.92 Å². The maximum Gasteiger partial charge on any atom is 0.221 e. The molecule has 1 unspecified atom stereocenters. The number of benzene rings is 1. The molecule has 1 amide bonds. The van der Waals surface area contributed by atoms with E-state index >= 15 is 0 Å². The number of thioether (sulfide) groups is 1. The highest BCUT2D eigenvalue weighted by Gasteiger charge is 2.13. The Morgan fingerprint density at radius 2 is 2.00 bits per heavy atom. The topological polar surface area (TPSA) is 62.2 Å². The summed E-state index contributed by atoms with van der Waals surface area (Å²) in [6.07, 6.45) is 0.354. The number of carbonyl (C=O) groups is 1. The number of aromatic nitrogens is 1. The number of amides is 1. The van der Waals surface area contributed by atoms with E-state index in [0.29, 0.717) is 13.0 Å². The van der Waals surface area contributed by atoms with E-state index in [1.54, 1.807) is 12.1 Å². The average molecular weight is 385 g/mol. The molecule has 0 aliphatic rings. The summed E-state index contributed by atoms with van der Waals surface area (Å²) < 4.78 is 0. The number of phenols is 1. The van der Waals surface area contributed by atoms with E-state index in [4.69, 9.17) is 23.2 Å². The molecule has 4 nitrogen and oxygen atoms in total. The Balaban J connectivity index is 1.85. The van der Waals surface area contributed by atoms with Crippen LogP contribution in [0.25, 0.3) is 0 Å². The van der Waals surface area contributed by atoms with Crippen LogP contribution < -0.4 is 5.32 Å². The van der Waals surface area contributed by atoms with E-state index < -0.39 is 0 Å². The minimum atomic E-state index is -0.126. The maximum absolute atomic E-state index is 12.0. The van der Waals surface area contributed by atoms with Crippen molar-refractivity contribution in [3.8, 4) is 5.75 Å². The third kappa shape index (κ3) is 5.58. The van der Waals surface area contributed by atoms with Crippen molar-refractivity contribution in [1.29, 1.82) is 0 Å². The van der Waals surface area contributed by atoms with Crippen molar-refractivity contribution in [1.82, 2.24) is 10.3 Å². The minimum Gasteiger partial charge on any atom is -0.505 e. The summed E-state index contributed by atoms with van der Waals surface area (Å²) in [7, 11) is 0. The zero-order valence-electron chi connectivity index (χ0n) is 13.3. The SMILES string of the molecule is Cc1cccc(CNC(=O)CC(C)Sc2cc(Cl)c(O)c(Cl)c2)n1. The molecule has 1 heterocycles. The van der Waals surface area contributed by atoms with Crippen LogP contribution in [-0.4, -0.2) is 21.2 Å². The normalized spacial score (nSPS) is 12.0. The van der Waals surface area contributed by atoms with Crippen LogP contribution in [0.2, 0.25) is 10.0 Å². The molecule has 0 bridgehead atoms. The molecule has 0 aliphatic heterocycles. The van der Waals surface area contributed by atoms with Crippen molar-refractivity contribution in [3.05, 3.63) is 51.8 Å². The molecule has 0 spiro atoms. The summed E-state index contributed by atoms with van der Waals surface area (Å²) in [4.78, 5) is 17.2. The fraction of sp³-hybridized carbons (Fsp3) is 0.294. The first-order chi connectivity index (χ1) is 11.3. The van der Waals surface area contributed by atoms with Gasteiger partial charge in [0.2, 0.25) is 5.91 Å². The zero-order chi connectivity index (χ0) is 17.7. The van der Waals surface area contributed by atoms with Crippen LogP contribution >= 0.6 is 35.0 Å². The number of hydrogen-bond donors (Lipinski definition) is 2. The fourth-order valence-corrected chi connectivity index (χ4v) is 3.79. The number of aryl methyl sites for hydroxylation is 1. The van der Waals surface area contributed by atoms with Gasteiger partial charge in [-0.05, 0) is 31.2 Å². The van der Waals surface area contributed by atoms with Crippen molar-refractivity contribution >= 4 is 40.9 Å². The van der Waals surface area contributed by atoms with E-state index in [2.05, 4.69) is 10.3 Å². The van der Waals surface area contributed by atoms with Crippen molar-refractivity contribution in [2.24, 2.45) is 0 Å². The number of hydrogen-bond acceptors (Lipinski definition) is 4. The molecule has 0 radical (unpaired) electrons. The van der Waals surface area contributed by atoms with E-state index in [9.17, 15) is 9.90 Å². The summed E-state index contributed by atoms with van der Waals surface area (Å²) >= 11 is 13.3. The van der Waals surface area contributed by atoms with Gasteiger partial charge in [0.25, 0.3) is 0 Å². The van der Waals surface area contributed by atoms with Gasteiger partial charge in [0.05, 0.1) is 22.3 Å². The molecule has 1 aromatic heterocycles. The van der Waals surface area contributed by atoms with Gasteiger partial charge in [0, 0.05) is 22.3 Å². The van der Waals surface area contributed by atoms with Gasteiger partial charge in [0.1, 0.15) is 0 Å². The van der Waals surface area contributed by atoms with Gasteiger partial charge < -0.3 is 10.4 Å². The quantitative estimate of drug-likeness (QED) is 0.714. The van der Waals surface area contributed by atoms with E-state index in [1.807, 2.05) is 32.0 Å². The third-order valence-corrected chi connectivity index (χ3v) is 4.87. The minimum absolute atomic E-state index is 0.0344. The van der Waals surface area contributed by atoms with Crippen LogP contribution in [0.3, 0.4) is 0 Å². The lowest BCUT2D eigenvalue weighted by molar-refractivity contribution is -0.121. The molecule has 24 heavy (non-hydrogen) atoms. The maximum atomic E-state index is 12.0. The lowest BCUT2D eigenvalue weighted by Gasteiger charge is -2.12. The Bertz CT molecular complexity index is 717. The van der Waals surface area contributed by atoms with Crippen LogP contribution in [0.15, 0.2) is 35.2 Å². The smallest absolute Gasteiger partial charge is 0.221 e. The number of pyridine rings is 1. The molecule has 0 fully saturated rings. The van der Waals surface area contributed by atoms with Crippen molar-refractivity contribution < 1.29 is 9.90 Å². The summed E-state index contributed by atoms with van der Waals surface area (Å²) in [6, 6.07) is 8.99. The molecule has 0 saturated carbocycles. The standard InChI is InChI=1S/C17H18Cl2N2O2S/c1-10-4-3-5-12(21-10)9-20-16(22)6-11(2)24-13-7-14(18)17(23)15(19)8-13/h3-5,7-8,11,23H,6,9H2,1-2H3,(H,20,22). The van der Waals surface area contributed by atoms with E-state index in [-0.39, 0.29) is 27.0 Å². The molecule has 128 valence electrons.